The number of nitrogens with two attached hydrogens (primary N) is 1. The van der Waals surface area contributed by atoms with Gasteiger partial charge in [0.05, 0.1) is 12.2 Å². The molecule has 0 saturated heterocycles. The van der Waals surface area contributed by atoms with Crippen LogP contribution in [-0.4, -0.2) is 19.9 Å². The van der Waals surface area contributed by atoms with E-state index < -0.39 is 17.4 Å². The van der Waals surface area contributed by atoms with E-state index in [0.717, 1.165) is 18.9 Å². The summed E-state index contributed by atoms with van der Waals surface area (Å²) in [5.74, 6) is 0. The largest absolute Gasteiger partial charge is 0.435 e. The molecule has 0 unspecified atom stereocenters. The van der Waals surface area contributed by atoms with Gasteiger partial charge in [-0.25, -0.2) is 0 Å². The first-order chi connectivity index (χ1) is 11.0. The molecule has 0 atom stereocenters. The van der Waals surface area contributed by atoms with E-state index in [-0.39, 0.29) is 23.8 Å². The molecule has 1 saturated carbocycles. The monoisotopic (exact) mass is 340 g/mol. The Hall–Kier alpha value is -2.09. The van der Waals surface area contributed by atoms with E-state index >= 15 is 0 Å². The summed E-state index contributed by atoms with van der Waals surface area (Å²) in [4.78, 5) is 12.2. The maximum absolute atomic E-state index is 13.0. The molecule has 2 heterocycles. The van der Waals surface area contributed by atoms with Gasteiger partial charge < -0.3 is 10.3 Å². The van der Waals surface area contributed by atoms with Crippen molar-refractivity contribution < 1.29 is 13.2 Å². The first-order valence-electron chi connectivity index (χ1n) is 7.71. The summed E-state index contributed by atoms with van der Waals surface area (Å²) in [5.41, 5.74) is 4.62. The van der Waals surface area contributed by atoms with Gasteiger partial charge in [0.15, 0.2) is 5.69 Å². The number of aromatic nitrogens is 3. The normalized spacial score (nSPS) is 15.8. The fraction of sp³-hybridized carbons (Fsp3) is 0.500. The minimum atomic E-state index is -4.55. The maximum Gasteiger partial charge on any atom is 0.435 e. The smallest absolute Gasteiger partial charge is 0.324 e. The molecule has 130 valence electrons. The Balaban J connectivity index is 2.06. The minimum absolute atomic E-state index is 0.101. The summed E-state index contributed by atoms with van der Waals surface area (Å²) < 4.78 is 41.9. The Morgan fingerprint density at radius 1 is 1.29 bits per heavy atom. The summed E-state index contributed by atoms with van der Waals surface area (Å²) in [7, 11) is 0. The second-order valence-corrected chi connectivity index (χ2v) is 6.95. The first kappa shape index (κ1) is 16.8. The average molecular weight is 340 g/mol. The molecule has 0 bridgehead atoms. The Bertz CT molecular complexity index is 810. The van der Waals surface area contributed by atoms with Gasteiger partial charge in [-0.2, -0.15) is 18.3 Å². The van der Waals surface area contributed by atoms with Crippen LogP contribution in [0.3, 0.4) is 0 Å². The molecule has 3 rings (SSSR count). The van der Waals surface area contributed by atoms with E-state index in [1.165, 1.54) is 10.7 Å². The molecule has 0 amide bonds. The quantitative estimate of drug-likeness (QED) is 0.931. The van der Waals surface area contributed by atoms with Crippen LogP contribution in [0, 0.1) is 0 Å². The van der Waals surface area contributed by atoms with Crippen LogP contribution < -0.4 is 11.3 Å². The number of pyridine rings is 1. The number of hydrogen-bond donors (Lipinski definition) is 1. The molecule has 2 N–H and O–H groups in total. The SMILES string of the molecule is CC(C)(N)Cn1nc(C(F)(F)F)cc1-c1ccn(C2CC2)c(=O)c1. The van der Waals surface area contributed by atoms with Crippen molar-refractivity contribution in [1.29, 1.82) is 0 Å². The maximum atomic E-state index is 13.0. The molecule has 2 aromatic rings. The fourth-order valence-electron chi connectivity index (χ4n) is 2.60. The highest BCUT2D eigenvalue weighted by Gasteiger charge is 2.35. The number of rotatable bonds is 4. The predicted molar refractivity (Wildman–Crippen MR) is 83.5 cm³/mol. The van der Waals surface area contributed by atoms with Gasteiger partial charge in [0.1, 0.15) is 0 Å². The van der Waals surface area contributed by atoms with E-state index in [9.17, 15) is 18.0 Å². The van der Waals surface area contributed by atoms with Crippen LogP contribution in [0.15, 0.2) is 29.2 Å². The number of hydrogen-bond acceptors (Lipinski definition) is 3. The van der Waals surface area contributed by atoms with Crippen molar-refractivity contribution in [3.8, 4) is 11.3 Å². The van der Waals surface area contributed by atoms with Gasteiger partial charge in [-0.3, -0.25) is 9.48 Å². The molecular formula is C16H19F3N4O. The van der Waals surface area contributed by atoms with Gasteiger partial charge in [-0.15, -0.1) is 0 Å². The predicted octanol–water partition coefficient (Wildman–Crippen LogP) is 2.80. The van der Waals surface area contributed by atoms with Crippen molar-refractivity contribution in [2.75, 3.05) is 0 Å². The zero-order valence-corrected chi connectivity index (χ0v) is 13.5. The topological polar surface area (TPSA) is 65.8 Å². The van der Waals surface area contributed by atoms with Crippen molar-refractivity contribution in [2.24, 2.45) is 5.73 Å². The van der Waals surface area contributed by atoms with Crippen LogP contribution in [0.5, 0.6) is 0 Å². The highest BCUT2D eigenvalue weighted by molar-refractivity contribution is 5.59. The van der Waals surface area contributed by atoms with Gasteiger partial charge in [0.2, 0.25) is 0 Å². The van der Waals surface area contributed by atoms with E-state index in [0.29, 0.717) is 5.56 Å². The second kappa shape index (κ2) is 5.47. The van der Waals surface area contributed by atoms with Gasteiger partial charge in [0, 0.05) is 29.4 Å². The highest BCUT2D eigenvalue weighted by Crippen LogP contribution is 2.34. The van der Waals surface area contributed by atoms with Crippen LogP contribution in [0.2, 0.25) is 0 Å². The number of halogens is 3. The molecule has 0 spiro atoms. The van der Waals surface area contributed by atoms with Crippen molar-refractivity contribution in [2.45, 2.75) is 51.0 Å². The lowest BCUT2D eigenvalue weighted by molar-refractivity contribution is -0.141. The first-order valence-corrected chi connectivity index (χ1v) is 7.71. The Morgan fingerprint density at radius 2 is 1.96 bits per heavy atom. The van der Waals surface area contributed by atoms with Gasteiger partial charge in [-0.1, -0.05) is 0 Å². The van der Waals surface area contributed by atoms with E-state index in [1.54, 1.807) is 30.7 Å². The Morgan fingerprint density at radius 3 is 2.46 bits per heavy atom. The molecule has 1 aliphatic rings. The van der Waals surface area contributed by atoms with Crippen LogP contribution in [-0.2, 0) is 12.7 Å². The molecule has 0 radical (unpaired) electrons. The molecule has 1 aliphatic carbocycles. The zero-order valence-electron chi connectivity index (χ0n) is 13.5. The zero-order chi connectivity index (χ0) is 17.7. The third-order valence-electron chi connectivity index (χ3n) is 3.81. The van der Waals surface area contributed by atoms with Crippen LogP contribution in [0.4, 0.5) is 13.2 Å². The van der Waals surface area contributed by atoms with Crippen molar-refractivity contribution >= 4 is 0 Å². The van der Waals surface area contributed by atoms with Crippen molar-refractivity contribution in [3.05, 3.63) is 40.4 Å². The minimum Gasteiger partial charge on any atom is -0.324 e. The fourth-order valence-corrected chi connectivity index (χ4v) is 2.60. The molecule has 0 aromatic carbocycles. The van der Waals surface area contributed by atoms with Gasteiger partial charge >= 0.3 is 6.18 Å². The Labute approximate surface area is 136 Å². The second-order valence-electron chi connectivity index (χ2n) is 6.95. The molecule has 8 heteroatoms. The summed E-state index contributed by atoms with van der Waals surface area (Å²) in [5, 5.41) is 3.65. The summed E-state index contributed by atoms with van der Waals surface area (Å²) in [6.07, 6.45) is -1.01. The third-order valence-corrected chi connectivity index (χ3v) is 3.81. The van der Waals surface area contributed by atoms with E-state index in [1.807, 2.05) is 0 Å². The van der Waals surface area contributed by atoms with E-state index in [2.05, 4.69) is 5.10 Å². The molecule has 1 fully saturated rings. The third kappa shape index (κ3) is 3.53. The van der Waals surface area contributed by atoms with Crippen LogP contribution in [0.25, 0.3) is 11.3 Å². The Kier molecular flexibility index (Phi) is 3.82. The average Bonchev–Trinajstić information content (AvgIpc) is 3.17. The highest BCUT2D eigenvalue weighted by atomic mass is 19.4. The lowest BCUT2D eigenvalue weighted by Gasteiger charge is -2.20. The van der Waals surface area contributed by atoms with Crippen molar-refractivity contribution in [3.63, 3.8) is 0 Å². The van der Waals surface area contributed by atoms with Gasteiger partial charge in [0.25, 0.3) is 5.56 Å². The summed E-state index contributed by atoms with van der Waals surface area (Å²) >= 11 is 0. The molecule has 2 aromatic heterocycles. The van der Waals surface area contributed by atoms with Crippen molar-refractivity contribution in [1.82, 2.24) is 14.3 Å². The summed E-state index contributed by atoms with van der Waals surface area (Å²) in [6.45, 7) is 3.51. The lowest BCUT2D eigenvalue weighted by atomic mass is 10.1. The lowest BCUT2D eigenvalue weighted by Crippen LogP contribution is -2.37. The molecule has 5 nitrogen and oxygen atoms in total. The van der Waals surface area contributed by atoms with Crippen LogP contribution >= 0.6 is 0 Å². The summed E-state index contributed by atoms with van der Waals surface area (Å²) in [6, 6.07) is 4.18. The number of alkyl halides is 3. The molecular weight excluding hydrogens is 321 g/mol. The van der Waals surface area contributed by atoms with Crippen LogP contribution in [0.1, 0.15) is 38.4 Å². The standard InChI is InChI=1S/C16H19F3N4O/c1-15(2,20)9-23-12(8-13(21-23)16(17,18)19)10-5-6-22(11-3-4-11)14(24)7-10/h5-8,11H,3-4,9,20H2,1-2H3. The van der Waals surface area contributed by atoms with Gasteiger partial charge in [-0.05, 0) is 38.8 Å². The van der Waals surface area contributed by atoms with E-state index in [4.69, 9.17) is 5.73 Å². The molecule has 0 aliphatic heterocycles. The number of nitrogens with zero attached hydrogens (tertiary/aromatic N) is 3. The molecule has 24 heavy (non-hydrogen) atoms.